The molecule has 3 amide bonds. The summed E-state index contributed by atoms with van der Waals surface area (Å²) in [4.78, 5) is 37.2. The first-order valence-electron chi connectivity index (χ1n) is 9.39. The highest BCUT2D eigenvalue weighted by Crippen LogP contribution is 2.20. The maximum Gasteiger partial charge on any atom is 0.272 e. The first kappa shape index (κ1) is 22.0. The molecule has 3 aromatic carbocycles. The second kappa shape index (κ2) is 10.4. The molecule has 3 rings (SSSR count). The third kappa shape index (κ3) is 5.90. The number of benzene rings is 3. The highest BCUT2D eigenvalue weighted by molar-refractivity contribution is 6.33. The highest BCUT2D eigenvalue weighted by Gasteiger charge is 2.21. The third-order valence-corrected chi connectivity index (χ3v) is 4.78. The lowest BCUT2D eigenvalue weighted by atomic mass is 10.0. The minimum absolute atomic E-state index is 0.169. The largest absolute Gasteiger partial charge is 0.345 e. The quantitative estimate of drug-likeness (QED) is 0.510. The number of nitrogens with one attached hydrogen (secondary N) is 3. The molecule has 3 N–H and O–H groups in total. The predicted octanol–water partition coefficient (Wildman–Crippen LogP) is 3.80. The summed E-state index contributed by atoms with van der Waals surface area (Å²) >= 11 is 6.09. The van der Waals surface area contributed by atoms with E-state index < -0.39 is 29.6 Å². The number of carbonyl (C=O) groups is 3. The van der Waals surface area contributed by atoms with E-state index in [1.807, 2.05) is 6.07 Å². The molecule has 0 radical (unpaired) electrons. The summed E-state index contributed by atoms with van der Waals surface area (Å²) in [5.41, 5.74) is 5.20. The van der Waals surface area contributed by atoms with Crippen LogP contribution in [0.3, 0.4) is 0 Å². The second-order valence-electron chi connectivity index (χ2n) is 6.60. The van der Waals surface area contributed by atoms with Gasteiger partial charge in [-0.05, 0) is 29.8 Å². The van der Waals surface area contributed by atoms with E-state index in [-0.39, 0.29) is 22.6 Å². The van der Waals surface area contributed by atoms with Crippen molar-refractivity contribution in [2.45, 2.75) is 12.5 Å². The lowest BCUT2D eigenvalue weighted by molar-refractivity contribution is -0.122. The van der Waals surface area contributed by atoms with Gasteiger partial charge in [-0.1, -0.05) is 66.2 Å². The monoisotopic (exact) mass is 439 g/mol. The van der Waals surface area contributed by atoms with Gasteiger partial charge in [0, 0.05) is 0 Å². The molecule has 3 aromatic rings. The Labute approximate surface area is 183 Å². The van der Waals surface area contributed by atoms with Gasteiger partial charge >= 0.3 is 0 Å². The van der Waals surface area contributed by atoms with Crippen LogP contribution in [0.1, 0.15) is 38.7 Å². The van der Waals surface area contributed by atoms with Crippen molar-refractivity contribution in [1.82, 2.24) is 16.2 Å². The van der Waals surface area contributed by atoms with E-state index in [0.29, 0.717) is 5.56 Å². The standard InChI is InChI=1S/C23H19ClFN3O3/c24-18-12-6-4-10-16(18)22(30)26-20(15-8-2-1-3-9-15)14-21(29)27-28-23(31)17-11-5-7-13-19(17)25/h1-13,20H,14H2,(H,26,30)(H,27,29)(H,28,31)/t20-/m0/s1. The highest BCUT2D eigenvalue weighted by atomic mass is 35.5. The zero-order valence-electron chi connectivity index (χ0n) is 16.3. The van der Waals surface area contributed by atoms with Gasteiger partial charge in [0.05, 0.1) is 28.6 Å². The molecule has 158 valence electrons. The van der Waals surface area contributed by atoms with Crippen molar-refractivity contribution < 1.29 is 18.8 Å². The molecule has 0 aliphatic heterocycles. The summed E-state index contributed by atoms with van der Waals surface area (Å²) in [7, 11) is 0. The molecule has 0 saturated heterocycles. The van der Waals surface area contributed by atoms with E-state index in [2.05, 4.69) is 16.2 Å². The summed E-state index contributed by atoms with van der Waals surface area (Å²) in [6.45, 7) is 0. The Balaban J connectivity index is 1.68. The summed E-state index contributed by atoms with van der Waals surface area (Å²) in [5, 5.41) is 3.08. The van der Waals surface area contributed by atoms with Crippen LogP contribution in [0.4, 0.5) is 4.39 Å². The van der Waals surface area contributed by atoms with Gasteiger partial charge in [-0.25, -0.2) is 4.39 Å². The average Bonchev–Trinajstić information content (AvgIpc) is 2.78. The fourth-order valence-electron chi connectivity index (χ4n) is 2.89. The van der Waals surface area contributed by atoms with Crippen LogP contribution >= 0.6 is 11.6 Å². The molecule has 0 bridgehead atoms. The second-order valence-corrected chi connectivity index (χ2v) is 7.01. The van der Waals surface area contributed by atoms with Crippen molar-refractivity contribution >= 4 is 29.3 Å². The Kier molecular flexibility index (Phi) is 7.35. The SMILES string of the molecule is O=C(C[C@H](NC(=O)c1ccccc1Cl)c1ccccc1)NNC(=O)c1ccccc1F. The van der Waals surface area contributed by atoms with E-state index in [1.54, 1.807) is 48.5 Å². The van der Waals surface area contributed by atoms with Crippen molar-refractivity contribution in [1.29, 1.82) is 0 Å². The van der Waals surface area contributed by atoms with Gasteiger partial charge in [-0.2, -0.15) is 0 Å². The molecule has 8 heteroatoms. The number of amides is 3. The van der Waals surface area contributed by atoms with Gasteiger partial charge in [0.15, 0.2) is 0 Å². The average molecular weight is 440 g/mol. The van der Waals surface area contributed by atoms with Crippen LogP contribution in [0.25, 0.3) is 0 Å². The molecule has 1 atom stereocenters. The van der Waals surface area contributed by atoms with Gasteiger partial charge in [0.1, 0.15) is 5.82 Å². The summed E-state index contributed by atoms with van der Waals surface area (Å²) in [6.07, 6.45) is -0.169. The van der Waals surface area contributed by atoms with Crippen LogP contribution in [0.2, 0.25) is 5.02 Å². The Bertz CT molecular complexity index is 1090. The van der Waals surface area contributed by atoms with E-state index in [9.17, 15) is 18.8 Å². The lowest BCUT2D eigenvalue weighted by Crippen LogP contribution is -2.43. The number of hydrogen-bond acceptors (Lipinski definition) is 3. The van der Waals surface area contributed by atoms with Crippen LogP contribution < -0.4 is 16.2 Å². The molecule has 0 aromatic heterocycles. The van der Waals surface area contributed by atoms with Crippen LogP contribution in [0.15, 0.2) is 78.9 Å². The van der Waals surface area contributed by atoms with Crippen molar-refractivity contribution in [2.75, 3.05) is 0 Å². The maximum atomic E-state index is 13.7. The summed E-state index contributed by atoms with van der Waals surface area (Å²) < 4.78 is 13.7. The molecule has 0 aliphatic rings. The first-order chi connectivity index (χ1) is 15.0. The maximum absolute atomic E-state index is 13.7. The molecule has 6 nitrogen and oxygen atoms in total. The van der Waals surface area contributed by atoms with E-state index in [1.165, 1.54) is 18.2 Å². The topological polar surface area (TPSA) is 87.3 Å². The Morgan fingerprint density at radius 2 is 1.39 bits per heavy atom. The van der Waals surface area contributed by atoms with E-state index >= 15 is 0 Å². The number of hydrazine groups is 1. The van der Waals surface area contributed by atoms with E-state index in [4.69, 9.17) is 11.6 Å². The van der Waals surface area contributed by atoms with Crippen molar-refractivity contribution in [3.05, 3.63) is 106 Å². The summed E-state index contributed by atoms with van der Waals surface area (Å²) in [6, 6.07) is 20.2. The van der Waals surface area contributed by atoms with Crippen LogP contribution in [0, 0.1) is 5.82 Å². The van der Waals surface area contributed by atoms with Crippen molar-refractivity contribution in [3.63, 3.8) is 0 Å². The predicted molar refractivity (Wildman–Crippen MR) is 115 cm³/mol. The lowest BCUT2D eigenvalue weighted by Gasteiger charge is -2.19. The Hall–Kier alpha value is -3.71. The zero-order chi connectivity index (χ0) is 22.2. The molecular formula is C23H19ClFN3O3. The van der Waals surface area contributed by atoms with Crippen LogP contribution in [-0.4, -0.2) is 17.7 Å². The number of carbonyl (C=O) groups excluding carboxylic acids is 3. The summed E-state index contributed by atoms with van der Waals surface area (Å²) in [5.74, 6) is -2.51. The minimum atomic E-state index is -0.789. The number of hydrogen-bond donors (Lipinski definition) is 3. The van der Waals surface area contributed by atoms with Crippen molar-refractivity contribution in [2.24, 2.45) is 0 Å². The molecule has 0 unspecified atom stereocenters. The van der Waals surface area contributed by atoms with Gasteiger partial charge < -0.3 is 5.32 Å². The van der Waals surface area contributed by atoms with Crippen LogP contribution in [-0.2, 0) is 4.79 Å². The van der Waals surface area contributed by atoms with Crippen molar-refractivity contribution in [3.8, 4) is 0 Å². The first-order valence-corrected chi connectivity index (χ1v) is 9.77. The minimum Gasteiger partial charge on any atom is -0.345 e. The molecular weight excluding hydrogens is 421 g/mol. The van der Waals surface area contributed by atoms with Crippen LogP contribution in [0.5, 0.6) is 0 Å². The third-order valence-electron chi connectivity index (χ3n) is 4.45. The molecule has 0 spiro atoms. The zero-order valence-corrected chi connectivity index (χ0v) is 17.0. The smallest absolute Gasteiger partial charge is 0.272 e. The molecule has 0 saturated carbocycles. The molecule has 0 fully saturated rings. The Morgan fingerprint density at radius 1 is 0.774 bits per heavy atom. The molecule has 0 heterocycles. The number of halogens is 2. The fraction of sp³-hybridized carbons (Fsp3) is 0.0870. The van der Waals surface area contributed by atoms with Gasteiger partial charge in [-0.15, -0.1) is 0 Å². The van der Waals surface area contributed by atoms with Gasteiger partial charge in [-0.3, -0.25) is 25.2 Å². The van der Waals surface area contributed by atoms with Gasteiger partial charge in [0.25, 0.3) is 11.8 Å². The molecule has 31 heavy (non-hydrogen) atoms. The number of rotatable bonds is 6. The normalized spacial score (nSPS) is 11.3. The van der Waals surface area contributed by atoms with E-state index in [0.717, 1.165) is 6.07 Å². The van der Waals surface area contributed by atoms with Gasteiger partial charge in [0.2, 0.25) is 5.91 Å². The fourth-order valence-corrected chi connectivity index (χ4v) is 3.12. The molecule has 0 aliphatic carbocycles. The Morgan fingerprint density at radius 3 is 2.06 bits per heavy atom.